The summed E-state index contributed by atoms with van der Waals surface area (Å²) in [4.78, 5) is 10.3. The van der Waals surface area contributed by atoms with Gasteiger partial charge in [0.15, 0.2) is 5.57 Å². The van der Waals surface area contributed by atoms with Crippen LogP contribution in [0.3, 0.4) is 0 Å². The Labute approximate surface area is 116 Å². The molecule has 0 aliphatic carbocycles. The predicted octanol–water partition coefficient (Wildman–Crippen LogP) is 4.12. The van der Waals surface area contributed by atoms with Gasteiger partial charge in [-0.15, -0.1) is 0 Å². The van der Waals surface area contributed by atoms with Crippen LogP contribution in [0.2, 0.25) is 0 Å². The smallest absolute Gasteiger partial charge is 0.424 e. The molecule has 0 aromatic rings. The number of hydrogen-bond acceptors (Lipinski definition) is 2. The fourth-order valence-corrected chi connectivity index (χ4v) is 1.51. The van der Waals surface area contributed by atoms with Gasteiger partial charge in [0, 0.05) is 0 Å². The molecule has 0 spiro atoms. The first-order valence-electron chi connectivity index (χ1n) is 4.67. The van der Waals surface area contributed by atoms with Crippen LogP contribution in [0.25, 0.3) is 0 Å². The number of rotatable bonds is 3. The molecule has 23 heavy (non-hydrogen) atoms. The number of alkyl halides is 11. The summed E-state index contributed by atoms with van der Waals surface area (Å²) < 4.78 is 150. The maximum Gasteiger partial charge on any atom is 0.424 e. The highest BCUT2D eigenvalue weighted by atomic mass is 19.4. The van der Waals surface area contributed by atoms with Crippen molar-refractivity contribution in [2.75, 3.05) is 0 Å². The lowest BCUT2D eigenvalue weighted by atomic mass is 9.75. The molecule has 0 fully saturated rings. The Morgan fingerprint density at radius 3 is 1.13 bits per heavy atom. The minimum Gasteiger partial charge on any atom is -0.486 e. The molecule has 0 bridgehead atoms. The molecule has 0 aromatic heterocycles. The third-order valence-electron chi connectivity index (χ3n) is 2.45. The summed E-state index contributed by atoms with van der Waals surface area (Å²) in [6, 6.07) is -4.15. The van der Waals surface area contributed by atoms with Crippen molar-refractivity contribution in [1.29, 1.82) is 0 Å². The van der Waals surface area contributed by atoms with E-state index in [0.29, 0.717) is 0 Å². The molecular weight excluding hydrogens is 372 g/mol. The second-order valence-electron chi connectivity index (χ2n) is 3.79. The molecule has 0 atom stereocenters. The largest absolute Gasteiger partial charge is 0.486 e. The highest BCUT2D eigenvalue weighted by Crippen LogP contribution is 2.63. The van der Waals surface area contributed by atoms with Crippen molar-refractivity contribution in [3.63, 3.8) is 0 Å². The Morgan fingerprint density at radius 2 is 1.00 bits per heavy atom. The summed E-state index contributed by atoms with van der Waals surface area (Å²) in [6.07, 6.45) is -22.1. The van der Waals surface area contributed by atoms with E-state index in [1.807, 2.05) is 0 Å². The van der Waals surface area contributed by atoms with E-state index in [1.165, 1.54) is 0 Å². The Hall–Kier alpha value is -1.83. The maximum atomic E-state index is 13.4. The highest BCUT2D eigenvalue weighted by Gasteiger charge is 2.90. The van der Waals surface area contributed by atoms with E-state index in [2.05, 4.69) is 0 Å². The molecule has 0 saturated carbocycles. The number of carboxylic acid groups (broad SMARTS) is 1. The third-order valence-corrected chi connectivity index (χ3v) is 2.45. The van der Waals surface area contributed by atoms with Gasteiger partial charge in [0.2, 0.25) is 0 Å². The van der Waals surface area contributed by atoms with Crippen molar-refractivity contribution in [3.05, 3.63) is 11.6 Å². The van der Waals surface area contributed by atoms with Crippen LogP contribution in [0.15, 0.2) is 11.6 Å². The van der Waals surface area contributed by atoms with Crippen molar-refractivity contribution < 1.29 is 67.7 Å². The lowest BCUT2D eigenvalue weighted by molar-refractivity contribution is -0.381. The molecule has 0 unspecified atom stereocenters. The molecule has 0 radical (unpaired) electrons. The van der Waals surface area contributed by atoms with Crippen molar-refractivity contribution in [2.24, 2.45) is 5.41 Å². The molecule has 0 aliphatic heterocycles. The van der Waals surface area contributed by atoms with E-state index in [4.69, 9.17) is 10.2 Å². The summed E-state index contributed by atoms with van der Waals surface area (Å²) in [7, 11) is 0. The zero-order valence-electron chi connectivity index (χ0n) is 9.84. The molecule has 2 N–H and O–H groups in total. The lowest BCUT2D eigenvalue weighted by Gasteiger charge is -2.39. The van der Waals surface area contributed by atoms with Crippen LogP contribution in [0.5, 0.6) is 0 Å². The Kier molecular flexibility index (Phi) is 4.94. The average Bonchev–Trinajstić information content (AvgIpc) is 2.04. The molecule has 3 nitrogen and oxygen atoms in total. The summed E-state index contributed by atoms with van der Waals surface area (Å²) >= 11 is 0. The second-order valence-corrected chi connectivity index (χ2v) is 3.79. The van der Waals surface area contributed by atoms with Crippen molar-refractivity contribution in [1.82, 2.24) is 0 Å². The van der Waals surface area contributed by atoms with E-state index in [0.717, 1.165) is 0 Å². The van der Waals surface area contributed by atoms with Crippen LogP contribution in [0.1, 0.15) is 0 Å². The lowest BCUT2D eigenvalue weighted by Crippen LogP contribution is -2.67. The monoisotopic (exact) mass is 374 g/mol. The van der Waals surface area contributed by atoms with Crippen LogP contribution in [-0.4, -0.2) is 40.6 Å². The van der Waals surface area contributed by atoms with E-state index in [9.17, 15) is 57.5 Å². The van der Waals surface area contributed by atoms with Crippen LogP contribution < -0.4 is 0 Å². The van der Waals surface area contributed by atoms with Gasteiger partial charge in [0.1, 0.15) is 0 Å². The predicted molar refractivity (Wildman–Crippen MR) is 43.9 cm³/mol. The SMILES string of the molecule is O=C(O)C(C(F)(F)F)(C(F)(F)F)C(F)(F)C(=C(O)F)C(F)(F)F. The van der Waals surface area contributed by atoms with Gasteiger partial charge in [0.05, 0.1) is 0 Å². The van der Waals surface area contributed by atoms with Crippen LogP contribution in [-0.2, 0) is 4.79 Å². The molecule has 0 rings (SSSR count). The Morgan fingerprint density at radius 1 is 0.696 bits per heavy atom. The summed E-state index contributed by atoms with van der Waals surface area (Å²) in [6.45, 7) is 0. The van der Waals surface area contributed by atoms with Gasteiger partial charge in [-0.1, -0.05) is 0 Å². The number of aliphatic hydroxyl groups excluding tert-OH is 1. The number of allylic oxidation sites excluding steroid dienone is 1. The number of aliphatic hydroxyl groups is 1. The van der Waals surface area contributed by atoms with Gasteiger partial charge < -0.3 is 10.2 Å². The molecule has 0 aromatic carbocycles. The van der Waals surface area contributed by atoms with Gasteiger partial charge in [0.25, 0.3) is 6.01 Å². The fourth-order valence-electron chi connectivity index (χ4n) is 1.51. The van der Waals surface area contributed by atoms with E-state index in [-0.39, 0.29) is 0 Å². The highest BCUT2D eigenvalue weighted by molar-refractivity contribution is 5.79. The molecular formula is C8H2F12O3. The normalized spacial score (nSPS) is 16.2. The van der Waals surface area contributed by atoms with Crippen molar-refractivity contribution in [3.8, 4) is 0 Å². The zero-order chi connectivity index (χ0) is 19.2. The van der Waals surface area contributed by atoms with E-state index >= 15 is 0 Å². The van der Waals surface area contributed by atoms with Crippen LogP contribution >= 0.6 is 0 Å². The molecule has 15 heteroatoms. The first-order chi connectivity index (χ1) is 9.76. The average molecular weight is 374 g/mol. The number of aliphatic carboxylic acids is 1. The third kappa shape index (κ3) is 2.99. The van der Waals surface area contributed by atoms with Gasteiger partial charge in [-0.05, 0) is 0 Å². The quantitative estimate of drug-likeness (QED) is 0.577. The Balaban J connectivity index is 7.14. The molecule has 0 heterocycles. The summed E-state index contributed by atoms with van der Waals surface area (Å²) in [5, 5.41) is 15.9. The van der Waals surface area contributed by atoms with Gasteiger partial charge in [-0.3, -0.25) is 4.79 Å². The molecule has 0 saturated heterocycles. The van der Waals surface area contributed by atoms with Crippen molar-refractivity contribution in [2.45, 2.75) is 24.5 Å². The fraction of sp³-hybridized carbons (Fsp3) is 0.625. The standard InChI is InChI=1S/C8H2F12O3/c9-2(21)1(6(12,13)14)5(10,11)4(3(22)23,7(15,16)17)8(18,19)20/h21H,(H,22,23). The van der Waals surface area contributed by atoms with Gasteiger partial charge >= 0.3 is 35.8 Å². The molecule has 136 valence electrons. The first-order valence-corrected chi connectivity index (χ1v) is 4.67. The van der Waals surface area contributed by atoms with Gasteiger partial charge in [-0.25, -0.2) is 0 Å². The summed E-state index contributed by atoms with van der Waals surface area (Å²) in [5.41, 5.74) is -12.0. The minimum atomic E-state index is -7.55. The topological polar surface area (TPSA) is 57.5 Å². The summed E-state index contributed by atoms with van der Waals surface area (Å²) in [5.74, 6) is -12.0. The van der Waals surface area contributed by atoms with Crippen LogP contribution in [0.4, 0.5) is 52.7 Å². The van der Waals surface area contributed by atoms with E-state index in [1.54, 1.807) is 0 Å². The first kappa shape index (κ1) is 21.2. The number of carbonyl (C=O) groups is 1. The van der Waals surface area contributed by atoms with Gasteiger partial charge in [-0.2, -0.15) is 52.7 Å². The molecule has 0 aliphatic rings. The zero-order valence-corrected chi connectivity index (χ0v) is 9.84. The Bertz CT molecular complexity index is 490. The number of halogens is 12. The van der Waals surface area contributed by atoms with Crippen molar-refractivity contribution >= 4 is 5.97 Å². The number of carboxylic acids is 1. The van der Waals surface area contributed by atoms with E-state index < -0.39 is 47.4 Å². The van der Waals surface area contributed by atoms with Crippen LogP contribution in [0, 0.1) is 5.41 Å². The maximum absolute atomic E-state index is 13.4. The minimum absolute atomic E-state index is 4.15. The molecule has 0 amide bonds. The second kappa shape index (κ2) is 5.36. The number of hydrogen-bond donors (Lipinski definition) is 2.